The smallest absolute Gasteiger partial charge is 0.213 e. The second-order valence-corrected chi connectivity index (χ2v) is 2.65. The van der Waals surface area contributed by atoms with Crippen LogP contribution < -0.4 is 4.68 Å². The number of aromatic amines is 1. The van der Waals surface area contributed by atoms with Gasteiger partial charge in [-0.3, -0.25) is 4.98 Å². The highest BCUT2D eigenvalue weighted by Gasteiger charge is 1.90. The van der Waals surface area contributed by atoms with Crippen LogP contribution in [-0.2, 0) is 0 Å². The van der Waals surface area contributed by atoms with Crippen LogP contribution in [0, 0.1) is 0 Å². The summed E-state index contributed by atoms with van der Waals surface area (Å²) in [5.74, 6) is 0. The number of nitrogens with one attached hydrogen (secondary N) is 1. The zero-order valence-electron chi connectivity index (χ0n) is 7.40. The van der Waals surface area contributed by atoms with Crippen LogP contribution in [0.5, 0.6) is 0 Å². The first-order valence-electron chi connectivity index (χ1n) is 4.35. The van der Waals surface area contributed by atoms with E-state index < -0.39 is 0 Å². The molecule has 0 bridgehead atoms. The normalized spacial score (nSPS) is 11.1. The topological polar surface area (TPSA) is 44.4 Å². The van der Waals surface area contributed by atoms with Crippen molar-refractivity contribution < 1.29 is 4.68 Å². The monoisotopic (exact) mass is 167 g/mol. The third kappa shape index (κ3) is 3.27. The first kappa shape index (κ1) is 8.90. The largest absolute Gasteiger partial charge is 0.282 e. The Labute approximate surface area is 72.3 Å². The Kier molecular flexibility index (Phi) is 4.05. The molecule has 12 heavy (non-hydrogen) atoms. The van der Waals surface area contributed by atoms with Gasteiger partial charge in [-0.1, -0.05) is 19.8 Å². The summed E-state index contributed by atoms with van der Waals surface area (Å²) in [6.07, 6.45) is 8.98. The molecule has 0 fully saturated rings. The van der Waals surface area contributed by atoms with Crippen LogP contribution in [-0.4, -0.2) is 11.5 Å². The molecule has 1 N–H and O–H groups in total. The van der Waals surface area contributed by atoms with Crippen LogP contribution in [0.15, 0.2) is 29.1 Å². The molecular formula is C8H15N4+. The Bertz CT molecular complexity index is 215. The summed E-state index contributed by atoms with van der Waals surface area (Å²) in [6, 6.07) is 0. The number of nitrogens with zero attached hydrogens (tertiary/aromatic N) is 3. The van der Waals surface area contributed by atoms with E-state index in [-0.39, 0.29) is 0 Å². The fourth-order valence-corrected chi connectivity index (χ4v) is 0.888. The van der Waals surface area contributed by atoms with Gasteiger partial charge in [-0.15, -0.1) is 4.68 Å². The average Bonchev–Trinajstić information content (AvgIpc) is 2.57. The fraction of sp³-hybridized carbons (Fsp3) is 0.625. The summed E-state index contributed by atoms with van der Waals surface area (Å²) in [6.45, 7) is 3.00. The predicted octanol–water partition coefficient (Wildman–Crippen LogP) is 1.71. The van der Waals surface area contributed by atoms with Gasteiger partial charge in [-0.2, -0.15) is 0 Å². The lowest BCUT2D eigenvalue weighted by molar-refractivity contribution is -0.685. The number of aromatic nitrogens is 2. The van der Waals surface area contributed by atoms with Gasteiger partial charge in [-0.05, 0) is 11.5 Å². The number of hydrogen-bond donors (Lipinski definition) is 1. The van der Waals surface area contributed by atoms with Crippen molar-refractivity contribution in [1.29, 1.82) is 0 Å². The van der Waals surface area contributed by atoms with Gasteiger partial charge in [0.25, 0.3) is 0 Å². The van der Waals surface area contributed by atoms with Crippen molar-refractivity contribution in [2.75, 3.05) is 6.54 Å². The lowest BCUT2D eigenvalue weighted by atomic mass is 10.3. The number of rotatable bonds is 5. The third-order valence-electron chi connectivity index (χ3n) is 1.56. The molecule has 66 valence electrons. The Hall–Kier alpha value is -1.19. The molecule has 0 unspecified atom stereocenters. The number of imidazole rings is 1. The minimum absolute atomic E-state index is 0.825. The van der Waals surface area contributed by atoms with Crippen molar-refractivity contribution >= 4 is 0 Å². The number of H-pyrrole nitrogens is 1. The Balaban J connectivity index is 2.14. The average molecular weight is 167 g/mol. The van der Waals surface area contributed by atoms with Crippen LogP contribution in [0.1, 0.15) is 26.2 Å². The SMILES string of the molecule is CCCCCN=N[n+]1cc[nH]c1. The minimum atomic E-state index is 0.825. The molecule has 1 rings (SSSR count). The van der Waals surface area contributed by atoms with Gasteiger partial charge in [0.1, 0.15) is 12.7 Å². The van der Waals surface area contributed by atoms with E-state index in [1.807, 2.05) is 12.4 Å². The molecule has 4 heteroatoms. The Morgan fingerprint density at radius 3 is 3.00 bits per heavy atom. The predicted molar refractivity (Wildman–Crippen MR) is 45.6 cm³/mol. The molecule has 1 aromatic rings. The first-order valence-corrected chi connectivity index (χ1v) is 4.35. The summed E-state index contributed by atoms with van der Waals surface area (Å²) in [5.41, 5.74) is 0. The van der Waals surface area contributed by atoms with E-state index in [1.165, 1.54) is 12.8 Å². The number of unbranched alkanes of at least 4 members (excludes halogenated alkanes) is 2. The fourth-order valence-electron chi connectivity index (χ4n) is 0.888. The van der Waals surface area contributed by atoms with Crippen LogP contribution in [0.2, 0.25) is 0 Å². The van der Waals surface area contributed by atoms with Crippen molar-refractivity contribution in [3.63, 3.8) is 0 Å². The second kappa shape index (κ2) is 5.46. The van der Waals surface area contributed by atoms with Crippen LogP contribution in [0.4, 0.5) is 0 Å². The van der Waals surface area contributed by atoms with Gasteiger partial charge in [0.15, 0.2) is 0 Å². The van der Waals surface area contributed by atoms with E-state index in [4.69, 9.17) is 0 Å². The maximum atomic E-state index is 4.02. The highest BCUT2D eigenvalue weighted by molar-refractivity contribution is 4.54. The molecule has 0 amide bonds. The highest BCUT2D eigenvalue weighted by atomic mass is 15.5. The Morgan fingerprint density at radius 2 is 2.33 bits per heavy atom. The molecule has 0 aliphatic carbocycles. The molecule has 0 aliphatic heterocycles. The van der Waals surface area contributed by atoms with Crippen molar-refractivity contribution in [2.45, 2.75) is 26.2 Å². The second-order valence-electron chi connectivity index (χ2n) is 2.65. The van der Waals surface area contributed by atoms with Crippen LogP contribution in [0.25, 0.3) is 0 Å². The summed E-state index contributed by atoms with van der Waals surface area (Å²) < 4.78 is 1.66. The first-order chi connectivity index (χ1) is 5.93. The van der Waals surface area contributed by atoms with Gasteiger partial charge in [0, 0.05) is 0 Å². The molecule has 0 aliphatic rings. The van der Waals surface area contributed by atoms with E-state index in [0.717, 1.165) is 13.0 Å². The molecule has 1 heterocycles. The quantitative estimate of drug-likeness (QED) is 0.394. The minimum Gasteiger partial charge on any atom is -0.282 e. The molecule has 4 nitrogen and oxygen atoms in total. The zero-order valence-corrected chi connectivity index (χ0v) is 7.40. The van der Waals surface area contributed by atoms with Gasteiger partial charge in [-0.25, -0.2) is 0 Å². The molecular weight excluding hydrogens is 152 g/mol. The molecule has 0 atom stereocenters. The lowest BCUT2D eigenvalue weighted by Gasteiger charge is -1.85. The zero-order chi connectivity index (χ0) is 8.65. The maximum absolute atomic E-state index is 4.02. The van der Waals surface area contributed by atoms with Crippen LogP contribution >= 0.6 is 0 Å². The van der Waals surface area contributed by atoms with E-state index in [1.54, 1.807) is 11.0 Å². The molecule has 0 radical (unpaired) electrons. The molecule has 0 spiro atoms. The molecule has 1 aromatic heterocycles. The standard InChI is InChI=1S/C8H14N4/c1-2-3-4-5-10-11-12-7-6-9-8-12/h6-8H,2-5H2,1H3/p+1. The van der Waals surface area contributed by atoms with Gasteiger partial charge in [0.05, 0.1) is 11.4 Å². The number of hydrogen-bond acceptors (Lipinski definition) is 2. The van der Waals surface area contributed by atoms with Crippen LogP contribution in [0.3, 0.4) is 0 Å². The highest BCUT2D eigenvalue weighted by Crippen LogP contribution is 1.93. The van der Waals surface area contributed by atoms with Crippen molar-refractivity contribution in [3.05, 3.63) is 18.7 Å². The van der Waals surface area contributed by atoms with Gasteiger partial charge >= 0.3 is 0 Å². The summed E-state index contributed by atoms with van der Waals surface area (Å²) in [4.78, 5) is 2.89. The molecule has 0 saturated carbocycles. The molecule has 0 aromatic carbocycles. The van der Waals surface area contributed by atoms with Gasteiger partial charge in [0.2, 0.25) is 6.33 Å². The summed E-state index contributed by atoms with van der Waals surface area (Å²) in [5, 5.41) is 7.97. The van der Waals surface area contributed by atoms with E-state index in [9.17, 15) is 0 Å². The maximum Gasteiger partial charge on any atom is 0.213 e. The van der Waals surface area contributed by atoms with Crippen molar-refractivity contribution in [1.82, 2.24) is 4.98 Å². The Morgan fingerprint density at radius 1 is 1.42 bits per heavy atom. The molecule has 0 saturated heterocycles. The third-order valence-corrected chi connectivity index (χ3v) is 1.56. The summed E-state index contributed by atoms with van der Waals surface area (Å²) >= 11 is 0. The van der Waals surface area contributed by atoms with E-state index in [0.29, 0.717) is 0 Å². The van der Waals surface area contributed by atoms with Crippen molar-refractivity contribution in [3.8, 4) is 0 Å². The van der Waals surface area contributed by atoms with Crippen molar-refractivity contribution in [2.24, 2.45) is 10.3 Å². The van der Waals surface area contributed by atoms with E-state index >= 15 is 0 Å². The summed E-state index contributed by atoms with van der Waals surface area (Å²) in [7, 11) is 0. The lowest BCUT2D eigenvalue weighted by Crippen LogP contribution is -2.21. The van der Waals surface area contributed by atoms with Gasteiger partial charge < -0.3 is 0 Å². The van der Waals surface area contributed by atoms with E-state index in [2.05, 4.69) is 22.2 Å².